The van der Waals surface area contributed by atoms with E-state index in [0.29, 0.717) is 13.2 Å². The van der Waals surface area contributed by atoms with E-state index < -0.39 is 6.04 Å². The summed E-state index contributed by atoms with van der Waals surface area (Å²) < 4.78 is 10.2. The lowest BCUT2D eigenvalue weighted by molar-refractivity contribution is -0.118. The van der Waals surface area contributed by atoms with Crippen molar-refractivity contribution in [1.82, 2.24) is 5.32 Å². The van der Waals surface area contributed by atoms with Crippen LogP contribution in [-0.4, -0.2) is 33.3 Å². The number of benzene rings is 2. The first-order valence-electron chi connectivity index (χ1n) is 7.47. The SMILES string of the molecule is COCCN[C@H](C(=O)Nc1ccc(OC)cc1)c1ccccc1. The van der Waals surface area contributed by atoms with Gasteiger partial charge in [0.1, 0.15) is 11.8 Å². The highest BCUT2D eigenvalue weighted by atomic mass is 16.5. The summed E-state index contributed by atoms with van der Waals surface area (Å²) in [6, 6.07) is 16.4. The molecule has 0 aromatic heterocycles. The van der Waals surface area contributed by atoms with Gasteiger partial charge in [0, 0.05) is 19.3 Å². The molecule has 0 saturated heterocycles. The fourth-order valence-electron chi connectivity index (χ4n) is 2.20. The molecule has 122 valence electrons. The van der Waals surface area contributed by atoms with Crippen molar-refractivity contribution in [2.75, 3.05) is 32.7 Å². The lowest BCUT2D eigenvalue weighted by Gasteiger charge is -2.19. The third kappa shape index (κ3) is 5.09. The molecule has 5 heteroatoms. The zero-order chi connectivity index (χ0) is 16.5. The molecule has 0 saturated carbocycles. The van der Waals surface area contributed by atoms with E-state index in [1.54, 1.807) is 14.2 Å². The third-order valence-corrected chi connectivity index (χ3v) is 3.41. The van der Waals surface area contributed by atoms with Gasteiger partial charge in [-0.1, -0.05) is 30.3 Å². The van der Waals surface area contributed by atoms with Crippen LogP contribution in [0.25, 0.3) is 0 Å². The van der Waals surface area contributed by atoms with Crippen molar-refractivity contribution in [3.63, 3.8) is 0 Å². The molecule has 2 N–H and O–H groups in total. The topological polar surface area (TPSA) is 59.6 Å². The maximum Gasteiger partial charge on any atom is 0.246 e. The summed E-state index contributed by atoms with van der Waals surface area (Å²) >= 11 is 0. The number of hydrogen-bond donors (Lipinski definition) is 2. The average molecular weight is 314 g/mol. The Morgan fingerprint density at radius 1 is 1.04 bits per heavy atom. The summed E-state index contributed by atoms with van der Waals surface area (Å²) in [7, 11) is 3.25. The molecule has 0 aliphatic carbocycles. The molecule has 1 atom stereocenters. The normalized spacial score (nSPS) is 11.7. The molecule has 0 aliphatic rings. The van der Waals surface area contributed by atoms with Crippen molar-refractivity contribution in [1.29, 1.82) is 0 Å². The Hall–Kier alpha value is -2.37. The summed E-state index contributed by atoms with van der Waals surface area (Å²) in [5.41, 5.74) is 1.64. The van der Waals surface area contributed by atoms with E-state index in [1.807, 2.05) is 54.6 Å². The van der Waals surface area contributed by atoms with Crippen LogP contribution in [0.5, 0.6) is 5.75 Å². The second-order valence-electron chi connectivity index (χ2n) is 5.01. The zero-order valence-corrected chi connectivity index (χ0v) is 13.4. The number of methoxy groups -OCH3 is 2. The Morgan fingerprint density at radius 2 is 1.74 bits per heavy atom. The van der Waals surface area contributed by atoms with Crippen LogP contribution in [-0.2, 0) is 9.53 Å². The Morgan fingerprint density at radius 3 is 2.35 bits per heavy atom. The summed E-state index contributed by atoms with van der Waals surface area (Å²) in [6.45, 7) is 1.13. The maximum absolute atomic E-state index is 12.6. The van der Waals surface area contributed by atoms with Gasteiger partial charge in [-0.05, 0) is 29.8 Å². The first kappa shape index (κ1) is 17.0. The van der Waals surface area contributed by atoms with E-state index >= 15 is 0 Å². The van der Waals surface area contributed by atoms with E-state index in [4.69, 9.17) is 9.47 Å². The molecular formula is C18H22N2O3. The van der Waals surface area contributed by atoms with Gasteiger partial charge in [-0.15, -0.1) is 0 Å². The monoisotopic (exact) mass is 314 g/mol. The Labute approximate surface area is 136 Å². The van der Waals surface area contributed by atoms with Crippen molar-refractivity contribution < 1.29 is 14.3 Å². The molecule has 2 aromatic rings. The quantitative estimate of drug-likeness (QED) is 0.735. The number of amides is 1. The molecular weight excluding hydrogens is 292 g/mol. The molecule has 5 nitrogen and oxygen atoms in total. The molecule has 23 heavy (non-hydrogen) atoms. The predicted octanol–water partition coefficient (Wildman–Crippen LogP) is 2.61. The van der Waals surface area contributed by atoms with Gasteiger partial charge < -0.3 is 14.8 Å². The first-order chi connectivity index (χ1) is 11.2. The number of ether oxygens (including phenoxy) is 2. The summed E-state index contributed by atoms with van der Waals surface area (Å²) in [5, 5.41) is 6.14. The van der Waals surface area contributed by atoms with Gasteiger partial charge in [-0.25, -0.2) is 0 Å². The average Bonchev–Trinajstić information content (AvgIpc) is 2.60. The number of carbonyl (C=O) groups excluding carboxylic acids is 1. The minimum absolute atomic E-state index is 0.113. The van der Waals surface area contributed by atoms with Crippen molar-refractivity contribution >= 4 is 11.6 Å². The number of hydrogen-bond acceptors (Lipinski definition) is 4. The minimum Gasteiger partial charge on any atom is -0.497 e. The van der Waals surface area contributed by atoms with E-state index in [0.717, 1.165) is 17.0 Å². The fourth-order valence-corrected chi connectivity index (χ4v) is 2.20. The van der Waals surface area contributed by atoms with E-state index in [2.05, 4.69) is 10.6 Å². The van der Waals surface area contributed by atoms with Crippen LogP contribution in [0, 0.1) is 0 Å². The highest BCUT2D eigenvalue weighted by Crippen LogP contribution is 2.18. The van der Waals surface area contributed by atoms with Gasteiger partial charge in [0.15, 0.2) is 0 Å². The predicted molar refractivity (Wildman–Crippen MR) is 90.7 cm³/mol. The minimum atomic E-state index is -0.437. The molecule has 0 fully saturated rings. The highest BCUT2D eigenvalue weighted by Gasteiger charge is 2.19. The van der Waals surface area contributed by atoms with Crippen LogP contribution in [0.1, 0.15) is 11.6 Å². The van der Waals surface area contributed by atoms with Gasteiger partial charge in [-0.3, -0.25) is 10.1 Å². The van der Waals surface area contributed by atoms with Crippen molar-refractivity contribution in [2.24, 2.45) is 0 Å². The van der Waals surface area contributed by atoms with Gasteiger partial charge in [0.05, 0.1) is 13.7 Å². The smallest absolute Gasteiger partial charge is 0.246 e. The van der Waals surface area contributed by atoms with E-state index in [-0.39, 0.29) is 5.91 Å². The lowest BCUT2D eigenvalue weighted by atomic mass is 10.1. The third-order valence-electron chi connectivity index (χ3n) is 3.41. The number of nitrogens with one attached hydrogen (secondary N) is 2. The number of anilines is 1. The van der Waals surface area contributed by atoms with Gasteiger partial charge in [0.2, 0.25) is 5.91 Å². The van der Waals surface area contributed by atoms with Crippen molar-refractivity contribution in [2.45, 2.75) is 6.04 Å². The second-order valence-corrected chi connectivity index (χ2v) is 5.01. The summed E-state index contributed by atoms with van der Waals surface area (Å²) in [4.78, 5) is 12.6. The summed E-state index contributed by atoms with van der Waals surface area (Å²) in [5.74, 6) is 0.637. The van der Waals surface area contributed by atoms with Crippen LogP contribution >= 0.6 is 0 Å². The van der Waals surface area contributed by atoms with Crippen molar-refractivity contribution in [3.8, 4) is 5.75 Å². The van der Waals surface area contributed by atoms with Crippen LogP contribution < -0.4 is 15.4 Å². The second kappa shape index (κ2) is 8.92. The van der Waals surface area contributed by atoms with Crippen LogP contribution in [0.15, 0.2) is 54.6 Å². The molecule has 0 aliphatic heterocycles. The van der Waals surface area contributed by atoms with E-state index in [9.17, 15) is 4.79 Å². The van der Waals surface area contributed by atoms with Crippen LogP contribution in [0.4, 0.5) is 5.69 Å². The van der Waals surface area contributed by atoms with E-state index in [1.165, 1.54) is 0 Å². The van der Waals surface area contributed by atoms with Crippen LogP contribution in [0.2, 0.25) is 0 Å². The van der Waals surface area contributed by atoms with Crippen molar-refractivity contribution in [3.05, 3.63) is 60.2 Å². The Bertz CT molecular complexity index is 599. The molecule has 0 radical (unpaired) electrons. The number of carbonyl (C=O) groups is 1. The van der Waals surface area contributed by atoms with Gasteiger partial charge in [0.25, 0.3) is 0 Å². The first-order valence-corrected chi connectivity index (χ1v) is 7.47. The van der Waals surface area contributed by atoms with Gasteiger partial charge in [-0.2, -0.15) is 0 Å². The Balaban J connectivity index is 2.08. The maximum atomic E-state index is 12.6. The number of rotatable bonds is 8. The molecule has 0 spiro atoms. The molecule has 0 unspecified atom stereocenters. The van der Waals surface area contributed by atoms with Crippen LogP contribution in [0.3, 0.4) is 0 Å². The molecule has 2 rings (SSSR count). The van der Waals surface area contributed by atoms with Gasteiger partial charge >= 0.3 is 0 Å². The fraction of sp³-hybridized carbons (Fsp3) is 0.278. The molecule has 0 bridgehead atoms. The lowest BCUT2D eigenvalue weighted by Crippen LogP contribution is -2.34. The molecule has 0 heterocycles. The summed E-state index contributed by atoms with van der Waals surface area (Å²) in [6.07, 6.45) is 0. The molecule has 1 amide bonds. The largest absolute Gasteiger partial charge is 0.497 e. The highest BCUT2D eigenvalue weighted by molar-refractivity contribution is 5.95. The zero-order valence-electron chi connectivity index (χ0n) is 13.4. The Kier molecular flexibility index (Phi) is 6.59. The standard InChI is InChI=1S/C18H22N2O3/c1-22-13-12-19-17(14-6-4-3-5-7-14)18(21)20-15-8-10-16(23-2)11-9-15/h3-11,17,19H,12-13H2,1-2H3,(H,20,21)/t17-/m0/s1. The molecule has 2 aromatic carbocycles.